The number of aliphatic carboxylic acids is 1. The molecule has 0 aliphatic carbocycles. The number of nitrogens with one attached hydrogen (secondary N) is 2. The Labute approximate surface area is 147 Å². The summed E-state index contributed by atoms with van der Waals surface area (Å²) < 4.78 is 0. The number of rotatable bonds is 6. The van der Waals surface area contributed by atoms with Gasteiger partial charge in [-0.05, 0) is 23.6 Å². The number of halogens is 2. The van der Waals surface area contributed by atoms with Crippen LogP contribution in [0.1, 0.15) is 16.4 Å². The van der Waals surface area contributed by atoms with Crippen molar-refractivity contribution in [2.24, 2.45) is 0 Å². The molecule has 2 rings (SSSR count). The van der Waals surface area contributed by atoms with Crippen LogP contribution in [-0.4, -0.2) is 23.7 Å². The molecular weight excluding hydrogens is 359 g/mol. The summed E-state index contributed by atoms with van der Waals surface area (Å²) in [6.07, 6.45) is 0. The molecule has 1 aromatic carbocycles. The molecule has 0 fully saturated rings. The van der Waals surface area contributed by atoms with Crippen molar-refractivity contribution in [2.45, 2.75) is 12.5 Å². The second-order valence-electron chi connectivity index (χ2n) is 4.67. The zero-order valence-corrected chi connectivity index (χ0v) is 14.2. The highest BCUT2D eigenvalue weighted by atomic mass is 35.5. The van der Waals surface area contributed by atoms with E-state index in [1.54, 1.807) is 18.2 Å². The molecule has 0 aliphatic heterocycles. The first kappa shape index (κ1) is 17.6. The number of carboxylic acid groups (broad SMARTS) is 1. The van der Waals surface area contributed by atoms with Gasteiger partial charge in [-0.2, -0.15) is 0 Å². The number of hydrogen-bond acceptors (Lipinski definition) is 3. The molecule has 0 bridgehead atoms. The van der Waals surface area contributed by atoms with Crippen LogP contribution in [0.25, 0.3) is 0 Å². The van der Waals surface area contributed by atoms with Crippen molar-refractivity contribution in [2.75, 3.05) is 6.54 Å². The Morgan fingerprint density at radius 3 is 2.39 bits per heavy atom. The third-order valence-electron chi connectivity index (χ3n) is 3.12. The normalized spacial score (nSPS) is 11.7. The zero-order chi connectivity index (χ0) is 16.8. The Balaban J connectivity index is 1.97. The molecular formula is C15H14Cl2N2O3S. The molecule has 0 saturated heterocycles. The second kappa shape index (κ2) is 8.19. The lowest BCUT2D eigenvalue weighted by Crippen LogP contribution is -2.38. The van der Waals surface area contributed by atoms with Crippen LogP contribution in [0, 0.1) is 0 Å². The summed E-state index contributed by atoms with van der Waals surface area (Å²) in [4.78, 5) is 24.3. The van der Waals surface area contributed by atoms with Gasteiger partial charge in [0, 0.05) is 27.0 Å². The van der Waals surface area contributed by atoms with Crippen molar-refractivity contribution in [3.8, 4) is 0 Å². The summed E-state index contributed by atoms with van der Waals surface area (Å²) in [5.74, 6) is -2.14. The fourth-order valence-electron chi connectivity index (χ4n) is 1.99. The minimum Gasteiger partial charge on any atom is -0.481 e. The standard InChI is InChI=1S/C15H14Cl2N2O3S/c16-11-4-1-5-12(17)13(11)10(14(20)21)8-19-15(22)18-7-9-3-2-6-23-9/h1-6,10H,7-8H2,(H,20,21)(H2,18,19,22). The van der Waals surface area contributed by atoms with E-state index in [9.17, 15) is 14.7 Å². The summed E-state index contributed by atoms with van der Waals surface area (Å²) in [5.41, 5.74) is 0.293. The van der Waals surface area contributed by atoms with E-state index in [0.29, 0.717) is 12.1 Å². The number of hydrogen-bond donors (Lipinski definition) is 3. The van der Waals surface area contributed by atoms with Crippen LogP contribution in [0.4, 0.5) is 4.79 Å². The average molecular weight is 373 g/mol. The summed E-state index contributed by atoms with van der Waals surface area (Å²) >= 11 is 13.6. The van der Waals surface area contributed by atoms with E-state index < -0.39 is 17.9 Å². The van der Waals surface area contributed by atoms with Crippen LogP contribution in [0.5, 0.6) is 0 Å². The van der Waals surface area contributed by atoms with Gasteiger partial charge in [0.1, 0.15) is 5.92 Å². The topological polar surface area (TPSA) is 78.4 Å². The summed E-state index contributed by atoms with van der Waals surface area (Å²) in [5, 5.41) is 17.0. The van der Waals surface area contributed by atoms with Crippen LogP contribution in [-0.2, 0) is 11.3 Å². The van der Waals surface area contributed by atoms with Gasteiger partial charge in [-0.3, -0.25) is 4.79 Å². The maximum absolute atomic E-state index is 11.8. The molecule has 0 saturated carbocycles. The Hall–Kier alpha value is -1.76. The lowest BCUT2D eigenvalue weighted by atomic mass is 9.99. The van der Waals surface area contributed by atoms with E-state index in [-0.39, 0.29) is 16.6 Å². The highest BCUT2D eigenvalue weighted by Gasteiger charge is 2.25. The van der Waals surface area contributed by atoms with Crippen LogP contribution in [0.15, 0.2) is 35.7 Å². The van der Waals surface area contributed by atoms with Crippen molar-refractivity contribution in [3.05, 3.63) is 56.2 Å². The molecule has 1 unspecified atom stereocenters. The monoisotopic (exact) mass is 372 g/mol. The van der Waals surface area contributed by atoms with Crippen LogP contribution < -0.4 is 10.6 Å². The van der Waals surface area contributed by atoms with E-state index >= 15 is 0 Å². The van der Waals surface area contributed by atoms with Gasteiger partial charge >= 0.3 is 12.0 Å². The van der Waals surface area contributed by atoms with E-state index in [1.807, 2.05) is 17.5 Å². The van der Waals surface area contributed by atoms with E-state index in [1.165, 1.54) is 11.3 Å². The second-order valence-corrected chi connectivity index (χ2v) is 6.52. The summed E-state index contributed by atoms with van der Waals surface area (Å²) in [7, 11) is 0. The smallest absolute Gasteiger partial charge is 0.315 e. The maximum atomic E-state index is 11.8. The van der Waals surface area contributed by atoms with Gasteiger partial charge in [0.15, 0.2) is 0 Å². The van der Waals surface area contributed by atoms with Crippen LogP contribution in [0.2, 0.25) is 10.0 Å². The highest BCUT2D eigenvalue weighted by Crippen LogP contribution is 2.31. The Bertz CT molecular complexity index is 672. The Morgan fingerprint density at radius 1 is 1.13 bits per heavy atom. The molecule has 23 heavy (non-hydrogen) atoms. The molecule has 0 spiro atoms. The molecule has 0 radical (unpaired) electrons. The minimum atomic E-state index is -1.11. The van der Waals surface area contributed by atoms with Crippen molar-refractivity contribution in [1.29, 1.82) is 0 Å². The molecule has 1 heterocycles. The molecule has 2 aromatic rings. The first-order chi connectivity index (χ1) is 11.0. The number of carboxylic acids is 1. The van der Waals surface area contributed by atoms with Crippen molar-refractivity contribution >= 4 is 46.5 Å². The van der Waals surface area contributed by atoms with Gasteiger partial charge in [-0.25, -0.2) is 4.79 Å². The number of carbonyl (C=O) groups is 2. The quantitative estimate of drug-likeness (QED) is 0.722. The Morgan fingerprint density at radius 2 is 1.83 bits per heavy atom. The molecule has 1 aromatic heterocycles. The van der Waals surface area contributed by atoms with Crippen molar-refractivity contribution in [1.82, 2.24) is 10.6 Å². The van der Waals surface area contributed by atoms with Gasteiger partial charge < -0.3 is 15.7 Å². The number of benzene rings is 1. The summed E-state index contributed by atoms with van der Waals surface area (Å²) in [6, 6.07) is 8.10. The van der Waals surface area contributed by atoms with Gasteiger partial charge in [0.2, 0.25) is 0 Å². The lowest BCUT2D eigenvalue weighted by Gasteiger charge is -2.17. The third kappa shape index (κ3) is 4.86. The maximum Gasteiger partial charge on any atom is 0.315 e. The number of thiophene rings is 1. The van der Waals surface area contributed by atoms with Crippen LogP contribution >= 0.6 is 34.5 Å². The fraction of sp³-hybridized carbons (Fsp3) is 0.200. The average Bonchev–Trinajstić information content (AvgIpc) is 3.01. The first-order valence-corrected chi connectivity index (χ1v) is 8.33. The van der Waals surface area contributed by atoms with Crippen LogP contribution in [0.3, 0.4) is 0 Å². The summed E-state index contributed by atoms with van der Waals surface area (Å²) in [6.45, 7) is 0.267. The molecule has 122 valence electrons. The fourth-order valence-corrected chi connectivity index (χ4v) is 3.30. The molecule has 5 nitrogen and oxygen atoms in total. The molecule has 0 aliphatic rings. The molecule has 1 atom stereocenters. The van der Waals surface area contributed by atoms with Crippen molar-refractivity contribution in [3.63, 3.8) is 0 Å². The predicted molar refractivity (Wildman–Crippen MR) is 91.4 cm³/mol. The van der Waals surface area contributed by atoms with E-state index in [2.05, 4.69) is 10.6 Å². The number of urea groups is 1. The third-order valence-corrected chi connectivity index (χ3v) is 4.65. The first-order valence-electron chi connectivity index (χ1n) is 6.70. The SMILES string of the molecule is O=C(NCc1cccs1)NCC(C(=O)O)c1c(Cl)cccc1Cl. The highest BCUT2D eigenvalue weighted by molar-refractivity contribution is 7.09. The predicted octanol–water partition coefficient (Wildman–Crippen LogP) is 3.72. The van der Waals surface area contributed by atoms with Gasteiger partial charge in [-0.1, -0.05) is 35.3 Å². The van der Waals surface area contributed by atoms with Gasteiger partial charge in [-0.15, -0.1) is 11.3 Å². The van der Waals surface area contributed by atoms with Gasteiger partial charge in [0.05, 0.1) is 6.54 Å². The molecule has 3 N–H and O–H groups in total. The molecule has 8 heteroatoms. The number of carbonyl (C=O) groups excluding carboxylic acids is 1. The van der Waals surface area contributed by atoms with E-state index in [0.717, 1.165) is 4.88 Å². The van der Waals surface area contributed by atoms with E-state index in [4.69, 9.17) is 23.2 Å². The van der Waals surface area contributed by atoms with Gasteiger partial charge in [0.25, 0.3) is 0 Å². The van der Waals surface area contributed by atoms with Crippen molar-refractivity contribution < 1.29 is 14.7 Å². The Kier molecular flexibility index (Phi) is 6.27. The minimum absolute atomic E-state index is 0.116. The largest absolute Gasteiger partial charge is 0.481 e. The lowest BCUT2D eigenvalue weighted by molar-refractivity contribution is -0.138. The molecule has 2 amide bonds. The zero-order valence-electron chi connectivity index (χ0n) is 11.9. The number of amides is 2.